The lowest BCUT2D eigenvalue weighted by atomic mass is 10.2. The molecule has 0 aromatic rings. The van der Waals surface area contributed by atoms with Crippen LogP contribution >= 0.6 is 0 Å². The van der Waals surface area contributed by atoms with E-state index in [4.69, 9.17) is 4.74 Å². The van der Waals surface area contributed by atoms with Gasteiger partial charge in [0.05, 0.1) is 6.61 Å². The van der Waals surface area contributed by atoms with E-state index in [1.54, 1.807) is 0 Å². The highest BCUT2D eigenvalue weighted by Gasteiger charge is 2.19. The summed E-state index contributed by atoms with van der Waals surface area (Å²) < 4.78 is 5.48. The third kappa shape index (κ3) is 2.88. The van der Waals surface area contributed by atoms with Gasteiger partial charge in [0, 0.05) is 12.5 Å². The van der Waals surface area contributed by atoms with Crippen LogP contribution in [0.1, 0.15) is 32.6 Å². The number of rotatable bonds is 5. The quantitative estimate of drug-likeness (QED) is 0.677. The van der Waals surface area contributed by atoms with E-state index in [2.05, 4.69) is 24.4 Å². The Morgan fingerprint density at radius 1 is 1.64 bits per heavy atom. The van der Waals surface area contributed by atoms with E-state index in [-0.39, 0.29) is 0 Å². The van der Waals surface area contributed by atoms with Crippen molar-refractivity contribution in [3.05, 3.63) is 23.5 Å². The van der Waals surface area contributed by atoms with Gasteiger partial charge >= 0.3 is 0 Å². The highest BCUT2D eigenvalue weighted by atomic mass is 16.5. The number of ether oxygens (including phenoxy) is 1. The van der Waals surface area contributed by atoms with Gasteiger partial charge in [-0.15, -0.1) is 0 Å². The molecule has 0 amide bonds. The summed E-state index contributed by atoms with van der Waals surface area (Å²) in [6.45, 7) is 4.10. The average Bonchev–Trinajstić information content (AvgIpc) is 2.84. The molecule has 78 valence electrons. The molecule has 1 N–H and O–H groups in total. The van der Waals surface area contributed by atoms with Crippen LogP contribution in [0.4, 0.5) is 0 Å². The second kappa shape index (κ2) is 4.65. The second-order valence-electron chi connectivity index (χ2n) is 4.11. The summed E-state index contributed by atoms with van der Waals surface area (Å²) in [5.41, 5.74) is 1.29. The van der Waals surface area contributed by atoms with Gasteiger partial charge in [-0.3, -0.25) is 0 Å². The molecule has 1 aliphatic carbocycles. The number of allylic oxidation sites excluding steroid dienone is 1. The van der Waals surface area contributed by atoms with Crippen molar-refractivity contribution in [2.75, 3.05) is 13.2 Å². The molecule has 1 aliphatic heterocycles. The van der Waals surface area contributed by atoms with Gasteiger partial charge in [0.2, 0.25) is 0 Å². The zero-order chi connectivity index (χ0) is 9.80. The molecule has 2 aliphatic rings. The van der Waals surface area contributed by atoms with Crippen LogP contribution in [0, 0.1) is 0 Å². The molecular formula is C12H19NO. The van der Waals surface area contributed by atoms with E-state index in [9.17, 15) is 0 Å². The molecule has 2 nitrogen and oxygen atoms in total. The topological polar surface area (TPSA) is 21.3 Å². The van der Waals surface area contributed by atoms with Gasteiger partial charge in [0.25, 0.3) is 0 Å². The molecule has 1 fully saturated rings. The molecule has 1 heterocycles. The molecule has 0 spiro atoms. The maximum absolute atomic E-state index is 5.48. The van der Waals surface area contributed by atoms with E-state index >= 15 is 0 Å². The predicted octanol–water partition coefficient (Wildman–Crippen LogP) is 2.38. The molecule has 0 aromatic carbocycles. The van der Waals surface area contributed by atoms with Crippen molar-refractivity contribution in [3.63, 3.8) is 0 Å². The van der Waals surface area contributed by atoms with Gasteiger partial charge in [0.15, 0.2) is 0 Å². The summed E-state index contributed by atoms with van der Waals surface area (Å²) in [6.07, 6.45) is 9.38. The fourth-order valence-corrected chi connectivity index (χ4v) is 1.66. The third-order valence-electron chi connectivity index (χ3n) is 2.70. The van der Waals surface area contributed by atoms with Crippen LogP contribution in [0.25, 0.3) is 0 Å². The Hall–Kier alpha value is -0.760. The first-order chi connectivity index (χ1) is 6.86. The summed E-state index contributed by atoms with van der Waals surface area (Å²) in [7, 11) is 0. The van der Waals surface area contributed by atoms with Crippen molar-refractivity contribution in [3.8, 4) is 0 Å². The lowest BCUT2D eigenvalue weighted by molar-refractivity contribution is 0.252. The molecular weight excluding hydrogens is 174 g/mol. The highest BCUT2D eigenvalue weighted by Crippen LogP contribution is 2.19. The van der Waals surface area contributed by atoms with E-state index in [0.29, 0.717) is 0 Å². The largest absolute Gasteiger partial charge is 0.493 e. The van der Waals surface area contributed by atoms with Gasteiger partial charge in [-0.25, -0.2) is 0 Å². The third-order valence-corrected chi connectivity index (χ3v) is 2.70. The van der Waals surface area contributed by atoms with Crippen LogP contribution in [-0.4, -0.2) is 19.2 Å². The number of hydrogen-bond donors (Lipinski definition) is 1. The summed E-state index contributed by atoms with van der Waals surface area (Å²) in [4.78, 5) is 0. The Kier molecular flexibility index (Phi) is 3.25. The average molecular weight is 193 g/mol. The Balaban J connectivity index is 1.67. The Bertz CT molecular complexity index is 251. The molecule has 1 saturated carbocycles. The Morgan fingerprint density at radius 2 is 2.50 bits per heavy atom. The van der Waals surface area contributed by atoms with E-state index in [0.717, 1.165) is 37.8 Å². The first kappa shape index (κ1) is 9.78. The number of hydrogen-bond acceptors (Lipinski definition) is 2. The molecule has 2 heteroatoms. The minimum atomic E-state index is 0.825. The standard InChI is InChI=1S/C12H19NO/c1-10(12-5-3-9-14-12)4-2-8-13-11-6-7-11/h4-5,11,13H,2-3,6-9H2,1H3. The Labute approximate surface area is 86.0 Å². The maximum Gasteiger partial charge on any atom is 0.118 e. The summed E-state index contributed by atoms with van der Waals surface area (Å²) in [5.74, 6) is 1.09. The lowest BCUT2D eigenvalue weighted by Crippen LogP contribution is -2.16. The SMILES string of the molecule is CC(=CCCNC1CC1)C1=CCCO1. The van der Waals surface area contributed by atoms with Gasteiger partial charge in [0.1, 0.15) is 5.76 Å². The molecule has 0 aromatic heterocycles. The van der Waals surface area contributed by atoms with E-state index in [1.807, 2.05) is 0 Å². The van der Waals surface area contributed by atoms with Crippen molar-refractivity contribution in [1.82, 2.24) is 5.32 Å². The molecule has 14 heavy (non-hydrogen) atoms. The fourth-order valence-electron chi connectivity index (χ4n) is 1.66. The van der Waals surface area contributed by atoms with Crippen LogP contribution in [0.5, 0.6) is 0 Å². The maximum atomic E-state index is 5.48. The second-order valence-corrected chi connectivity index (χ2v) is 4.11. The van der Waals surface area contributed by atoms with Crippen molar-refractivity contribution in [2.45, 2.75) is 38.6 Å². The van der Waals surface area contributed by atoms with Crippen LogP contribution in [0.15, 0.2) is 23.5 Å². The highest BCUT2D eigenvalue weighted by molar-refractivity contribution is 5.25. The molecule has 0 bridgehead atoms. The van der Waals surface area contributed by atoms with Crippen molar-refractivity contribution in [1.29, 1.82) is 0 Å². The zero-order valence-corrected chi connectivity index (χ0v) is 8.88. The molecule has 0 saturated heterocycles. The zero-order valence-electron chi connectivity index (χ0n) is 8.88. The normalized spacial score (nSPS) is 22.1. The summed E-state index contributed by atoms with van der Waals surface area (Å²) in [5, 5.41) is 3.50. The van der Waals surface area contributed by atoms with Crippen LogP contribution in [0.3, 0.4) is 0 Å². The van der Waals surface area contributed by atoms with Gasteiger partial charge in [-0.1, -0.05) is 6.08 Å². The van der Waals surface area contributed by atoms with Gasteiger partial charge < -0.3 is 10.1 Å². The van der Waals surface area contributed by atoms with Crippen LogP contribution in [-0.2, 0) is 4.74 Å². The van der Waals surface area contributed by atoms with Crippen LogP contribution in [0.2, 0.25) is 0 Å². The van der Waals surface area contributed by atoms with Crippen molar-refractivity contribution < 1.29 is 4.74 Å². The minimum absolute atomic E-state index is 0.825. The monoisotopic (exact) mass is 193 g/mol. The van der Waals surface area contributed by atoms with Crippen molar-refractivity contribution >= 4 is 0 Å². The first-order valence-corrected chi connectivity index (χ1v) is 5.60. The lowest BCUT2D eigenvalue weighted by Gasteiger charge is -2.04. The molecule has 2 rings (SSSR count). The molecule has 0 unspecified atom stereocenters. The van der Waals surface area contributed by atoms with E-state index in [1.165, 1.54) is 18.4 Å². The predicted molar refractivity (Wildman–Crippen MR) is 58.1 cm³/mol. The number of nitrogens with one attached hydrogen (secondary N) is 1. The molecule has 0 atom stereocenters. The first-order valence-electron chi connectivity index (χ1n) is 5.60. The fraction of sp³-hybridized carbons (Fsp3) is 0.667. The minimum Gasteiger partial charge on any atom is -0.493 e. The smallest absolute Gasteiger partial charge is 0.118 e. The Morgan fingerprint density at radius 3 is 3.14 bits per heavy atom. The summed E-state index contributed by atoms with van der Waals surface area (Å²) in [6, 6.07) is 0.825. The molecule has 0 radical (unpaired) electrons. The summed E-state index contributed by atoms with van der Waals surface area (Å²) >= 11 is 0. The van der Waals surface area contributed by atoms with E-state index < -0.39 is 0 Å². The van der Waals surface area contributed by atoms with Crippen molar-refractivity contribution in [2.24, 2.45) is 0 Å². The van der Waals surface area contributed by atoms with Gasteiger partial charge in [-0.2, -0.15) is 0 Å². The van der Waals surface area contributed by atoms with Crippen LogP contribution < -0.4 is 5.32 Å². The van der Waals surface area contributed by atoms with Gasteiger partial charge in [-0.05, 0) is 44.4 Å².